The van der Waals surface area contributed by atoms with Crippen LogP contribution in [0.2, 0.25) is 0 Å². The van der Waals surface area contributed by atoms with Gasteiger partial charge in [-0.15, -0.1) is 5.48 Å². The summed E-state index contributed by atoms with van der Waals surface area (Å²) in [5, 5.41) is 24.9. The van der Waals surface area contributed by atoms with Crippen LogP contribution in [0, 0.1) is 0 Å². The zero-order chi connectivity index (χ0) is 47.3. The average Bonchev–Trinajstić information content (AvgIpc) is 3.85. The SMILES string of the molecule is CCCCCCCCCCCCCCCC(=O)OCC(OC(=O)CCC(=O)ONCC(=O)NC(Cc1cnc[nH]1)C(=O)NC(CCCCN)C(=O)O)C1OC(=O)C(OP(=O)(O)O)=C1O. The van der Waals surface area contributed by atoms with Crippen molar-refractivity contribution in [2.24, 2.45) is 5.73 Å². The molecule has 4 unspecified atom stereocenters. The number of carbonyl (C=O) groups is 7. The number of aliphatic carboxylic acids is 1. The number of carboxylic acid groups (broad SMARTS) is 1. The average molecular weight is 933 g/mol. The maximum absolute atomic E-state index is 13.1. The molecule has 0 aliphatic carbocycles. The number of unbranched alkanes of at least 4 members (excludes halogenated alkanes) is 13. The number of nitrogens with zero attached hydrogens (tertiary/aromatic N) is 1. The van der Waals surface area contributed by atoms with Crippen LogP contribution in [-0.4, -0.2) is 116 Å². The smallest absolute Gasteiger partial charge is 0.505 e. The van der Waals surface area contributed by atoms with E-state index in [1.54, 1.807) is 0 Å². The van der Waals surface area contributed by atoms with Gasteiger partial charge < -0.3 is 55.1 Å². The molecule has 2 heterocycles. The number of carboxylic acids is 1. The maximum atomic E-state index is 13.1. The fraction of sp³-hybridized carbons (Fsp3) is 0.700. The van der Waals surface area contributed by atoms with Crippen LogP contribution in [0.3, 0.4) is 0 Å². The predicted octanol–water partition coefficient (Wildman–Crippen LogP) is 2.70. The first kappa shape index (κ1) is 55.0. The van der Waals surface area contributed by atoms with Gasteiger partial charge in [-0.05, 0) is 32.2 Å². The maximum Gasteiger partial charge on any atom is 0.525 e. The number of phosphoric ester groups is 1. The number of carbonyl (C=O) groups excluding carboxylic acids is 6. The van der Waals surface area contributed by atoms with Gasteiger partial charge in [0.2, 0.25) is 17.9 Å². The number of amides is 2. The van der Waals surface area contributed by atoms with Gasteiger partial charge in [0.05, 0.1) is 19.2 Å². The number of hydroxylamine groups is 1. The van der Waals surface area contributed by atoms with Crippen molar-refractivity contribution in [3.63, 3.8) is 0 Å². The van der Waals surface area contributed by atoms with E-state index in [0.29, 0.717) is 31.5 Å². The second-order valence-corrected chi connectivity index (χ2v) is 16.4. The predicted molar refractivity (Wildman–Crippen MR) is 224 cm³/mol. The van der Waals surface area contributed by atoms with Crippen molar-refractivity contribution in [2.75, 3.05) is 19.7 Å². The number of hydrogen-bond donors (Lipinski definition) is 9. The summed E-state index contributed by atoms with van der Waals surface area (Å²) in [6.07, 6.45) is 13.0. The Kier molecular flexibility index (Phi) is 26.6. The van der Waals surface area contributed by atoms with Crippen molar-refractivity contribution in [3.05, 3.63) is 29.7 Å². The minimum Gasteiger partial charge on any atom is -0.505 e. The summed E-state index contributed by atoms with van der Waals surface area (Å²) in [5.74, 6) is -9.71. The number of rotatable bonds is 36. The van der Waals surface area contributed by atoms with Crippen LogP contribution in [0.15, 0.2) is 24.0 Å². The van der Waals surface area contributed by atoms with E-state index in [1.807, 2.05) is 0 Å². The highest BCUT2D eigenvalue weighted by molar-refractivity contribution is 7.46. The Morgan fingerprint density at radius 3 is 2.06 bits per heavy atom. The molecule has 23 nitrogen and oxygen atoms in total. The summed E-state index contributed by atoms with van der Waals surface area (Å²) in [4.78, 5) is 117. The molecule has 24 heteroatoms. The van der Waals surface area contributed by atoms with E-state index >= 15 is 0 Å². The molecular formula is C40H65N6O17P. The quantitative estimate of drug-likeness (QED) is 0.0153. The van der Waals surface area contributed by atoms with Gasteiger partial charge in [-0.2, -0.15) is 0 Å². The molecule has 0 fully saturated rings. The van der Waals surface area contributed by atoms with Crippen LogP contribution in [0.5, 0.6) is 0 Å². The summed E-state index contributed by atoms with van der Waals surface area (Å²) >= 11 is 0. The van der Waals surface area contributed by atoms with E-state index in [2.05, 4.69) is 37.5 Å². The molecule has 0 radical (unpaired) electrons. The van der Waals surface area contributed by atoms with E-state index in [1.165, 1.54) is 57.5 Å². The Bertz CT molecular complexity index is 1710. The van der Waals surface area contributed by atoms with E-state index in [0.717, 1.165) is 32.1 Å². The van der Waals surface area contributed by atoms with E-state index in [4.69, 9.17) is 34.6 Å². The molecule has 4 atom stereocenters. The minimum atomic E-state index is -5.35. The number of aliphatic hydroxyl groups excluding tert-OH is 1. The summed E-state index contributed by atoms with van der Waals surface area (Å²) in [7, 11) is -5.35. The number of phosphoric acid groups is 1. The molecule has 1 aliphatic heterocycles. The number of cyclic esters (lactones) is 1. The molecule has 2 rings (SSSR count). The van der Waals surface area contributed by atoms with E-state index in [-0.39, 0.29) is 19.3 Å². The number of nitrogens with one attached hydrogen (secondary N) is 4. The topological polar surface area (TPSA) is 354 Å². The monoisotopic (exact) mass is 932 g/mol. The van der Waals surface area contributed by atoms with Crippen molar-refractivity contribution < 1.29 is 81.7 Å². The molecule has 0 saturated carbocycles. The first-order valence-corrected chi connectivity index (χ1v) is 23.2. The molecule has 2 amide bonds. The number of aromatic amines is 1. The molecule has 0 aromatic carbocycles. The highest BCUT2D eigenvalue weighted by Crippen LogP contribution is 2.42. The highest BCUT2D eigenvalue weighted by Gasteiger charge is 2.45. The van der Waals surface area contributed by atoms with Crippen LogP contribution >= 0.6 is 7.82 Å². The number of ether oxygens (including phenoxy) is 3. The molecule has 0 saturated heterocycles. The van der Waals surface area contributed by atoms with Gasteiger partial charge in [-0.25, -0.2) is 19.1 Å². The number of imidazole rings is 1. The van der Waals surface area contributed by atoms with Crippen molar-refractivity contribution in [1.29, 1.82) is 0 Å². The first-order valence-electron chi connectivity index (χ1n) is 21.7. The van der Waals surface area contributed by atoms with Crippen molar-refractivity contribution in [1.82, 2.24) is 26.1 Å². The van der Waals surface area contributed by atoms with Crippen LogP contribution < -0.4 is 21.8 Å². The van der Waals surface area contributed by atoms with Gasteiger partial charge in [0.15, 0.2) is 11.9 Å². The van der Waals surface area contributed by atoms with Crippen molar-refractivity contribution in [3.8, 4) is 0 Å². The first-order chi connectivity index (χ1) is 30.5. The summed E-state index contributed by atoms with van der Waals surface area (Å²) in [6, 6.07) is -2.51. The van der Waals surface area contributed by atoms with Gasteiger partial charge in [0.25, 0.3) is 5.76 Å². The lowest BCUT2D eigenvalue weighted by Gasteiger charge is -2.22. The number of hydrogen-bond acceptors (Lipinski definition) is 17. The van der Waals surface area contributed by atoms with Gasteiger partial charge in [-0.1, -0.05) is 84.0 Å². The standard InChI is InChI=1S/C40H65N6O17P/c1-2-3-4-5-6-7-8-9-10-11-12-13-14-18-32(48)59-25-30(36-35(51)37(40(55)61-36)63-64(56,57)58)60-33(49)19-20-34(50)62-44-24-31(47)45-29(22-27-23-42-26-43-27)38(52)46-28(39(53)54)17-15-16-21-41/h23,26,28-30,36,44,51H,2-22,24-25,41H2,1H3,(H,42,43)(H,45,47)(H,46,52)(H,53,54)(H2,56,57,58). The third-order valence-electron chi connectivity index (χ3n) is 9.79. The number of aromatic nitrogens is 2. The van der Waals surface area contributed by atoms with Crippen LogP contribution in [-0.2, 0) is 68.1 Å². The van der Waals surface area contributed by atoms with Crippen molar-refractivity contribution in [2.45, 2.75) is 160 Å². The Balaban J connectivity index is 1.88. The summed E-state index contributed by atoms with van der Waals surface area (Å²) in [5.41, 5.74) is 8.02. The Morgan fingerprint density at radius 1 is 0.859 bits per heavy atom. The largest absolute Gasteiger partial charge is 0.525 e. The molecule has 64 heavy (non-hydrogen) atoms. The Labute approximate surface area is 371 Å². The number of esters is 3. The van der Waals surface area contributed by atoms with Gasteiger partial charge in [0.1, 0.15) is 25.2 Å². The number of nitrogens with two attached hydrogens (primary N) is 1. The number of H-pyrrole nitrogens is 1. The van der Waals surface area contributed by atoms with Crippen LogP contribution in [0.4, 0.5) is 0 Å². The summed E-state index contributed by atoms with van der Waals surface area (Å²) < 4.78 is 31.0. The number of aliphatic hydroxyl groups is 1. The highest BCUT2D eigenvalue weighted by atomic mass is 31.2. The Morgan fingerprint density at radius 2 is 1.48 bits per heavy atom. The minimum absolute atomic E-state index is 0.00700. The van der Waals surface area contributed by atoms with Gasteiger partial charge in [0, 0.05) is 24.7 Å². The van der Waals surface area contributed by atoms with Gasteiger partial charge >= 0.3 is 37.7 Å². The lowest BCUT2D eigenvalue weighted by atomic mass is 10.0. The molecule has 10 N–H and O–H groups in total. The molecule has 362 valence electrons. The lowest BCUT2D eigenvalue weighted by Crippen LogP contribution is -2.53. The molecule has 0 spiro atoms. The fourth-order valence-electron chi connectivity index (χ4n) is 6.39. The summed E-state index contributed by atoms with van der Waals surface area (Å²) in [6.45, 7) is 1.09. The van der Waals surface area contributed by atoms with Crippen LogP contribution in [0.25, 0.3) is 0 Å². The van der Waals surface area contributed by atoms with E-state index in [9.17, 15) is 48.3 Å². The fourth-order valence-corrected chi connectivity index (χ4v) is 6.80. The molecule has 1 aliphatic rings. The molecule has 1 aromatic heterocycles. The third kappa shape index (κ3) is 23.6. The molecule has 0 bridgehead atoms. The van der Waals surface area contributed by atoms with Crippen molar-refractivity contribution >= 4 is 49.5 Å². The molecule has 1 aromatic rings. The second kappa shape index (κ2) is 30.9. The zero-order valence-electron chi connectivity index (χ0n) is 36.3. The normalized spacial score (nSPS) is 15.1. The third-order valence-corrected chi connectivity index (χ3v) is 10.2. The zero-order valence-corrected chi connectivity index (χ0v) is 37.2. The molecular weight excluding hydrogens is 867 g/mol. The second-order valence-electron chi connectivity index (χ2n) is 15.2. The van der Waals surface area contributed by atoms with Gasteiger partial charge in [-0.3, -0.25) is 33.8 Å². The van der Waals surface area contributed by atoms with E-state index < -0.39 is 111 Å². The Hall–Kier alpha value is -5.09. The lowest BCUT2D eigenvalue weighted by molar-refractivity contribution is -0.172. The van der Waals surface area contributed by atoms with Crippen LogP contribution in [0.1, 0.15) is 135 Å².